The smallest absolute Gasteiger partial charge is 0.250 e. The fourth-order valence-corrected chi connectivity index (χ4v) is 3.59. The van der Waals surface area contributed by atoms with E-state index in [4.69, 9.17) is 14.7 Å². The molecule has 0 aliphatic rings. The van der Waals surface area contributed by atoms with Gasteiger partial charge in [-0.1, -0.05) is 6.07 Å². The quantitative estimate of drug-likeness (QED) is 0.320. The van der Waals surface area contributed by atoms with Gasteiger partial charge in [-0.05, 0) is 72.3 Å². The second-order valence-corrected chi connectivity index (χ2v) is 7.35. The molecule has 0 saturated carbocycles. The molecule has 33 heavy (non-hydrogen) atoms. The molecule has 0 atom stereocenters. The lowest BCUT2D eigenvalue weighted by Gasteiger charge is -2.12. The third-order valence-corrected chi connectivity index (χ3v) is 5.23. The molecule has 3 aromatic carbocycles. The van der Waals surface area contributed by atoms with Gasteiger partial charge in [-0.3, -0.25) is 0 Å². The number of rotatable bonds is 4. The largest absolute Gasteiger partial charge is 0.479 e. The van der Waals surface area contributed by atoms with Crippen molar-refractivity contribution in [1.29, 1.82) is 0 Å². The van der Waals surface area contributed by atoms with Crippen LogP contribution in [-0.4, -0.2) is 22.1 Å². The van der Waals surface area contributed by atoms with E-state index in [1.54, 1.807) is 42.5 Å². The van der Waals surface area contributed by atoms with Gasteiger partial charge in [-0.15, -0.1) is 0 Å². The van der Waals surface area contributed by atoms with Gasteiger partial charge in [0.25, 0.3) is 0 Å². The first-order chi connectivity index (χ1) is 16.0. The summed E-state index contributed by atoms with van der Waals surface area (Å²) in [6.07, 6.45) is 1.52. The molecular formula is C26H16F3N3O. The SMILES string of the molecule is COc1ncc(-c2ccc3nc(-c4ccc(F)cc4)c(-c4ccc(F)cc4)nc3c2)cc1F. The molecule has 0 saturated heterocycles. The van der Waals surface area contributed by atoms with Crippen LogP contribution in [-0.2, 0) is 0 Å². The second kappa shape index (κ2) is 8.35. The summed E-state index contributed by atoms with van der Waals surface area (Å²) in [5.74, 6) is -1.38. The highest BCUT2D eigenvalue weighted by molar-refractivity contribution is 5.88. The average molecular weight is 443 g/mol. The summed E-state index contributed by atoms with van der Waals surface area (Å²) >= 11 is 0. The Morgan fingerprint density at radius 1 is 0.606 bits per heavy atom. The zero-order valence-corrected chi connectivity index (χ0v) is 17.4. The molecule has 2 aromatic heterocycles. The van der Waals surface area contributed by atoms with Crippen LogP contribution in [0.2, 0.25) is 0 Å². The third kappa shape index (κ3) is 4.01. The maximum absolute atomic E-state index is 14.2. The number of pyridine rings is 1. The zero-order chi connectivity index (χ0) is 22.9. The summed E-state index contributed by atoms with van der Waals surface area (Å²) in [6, 6.07) is 18.6. The fraction of sp³-hybridized carbons (Fsp3) is 0.0385. The minimum Gasteiger partial charge on any atom is -0.479 e. The lowest BCUT2D eigenvalue weighted by atomic mass is 10.0. The molecule has 5 rings (SSSR count). The van der Waals surface area contributed by atoms with E-state index in [2.05, 4.69) is 4.98 Å². The van der Waals surface area contributed by atoms with Crippen molar-refractivity contribution in [2.75, 3.05) is 7.11 Å². The lowest BCUT2D eigenvalue weighted by Crippen LogP contribution is -1.97. The molecule has 0 aliphatic carbocycles. The van der Waals surface area contributed by atoms with Crippen LogP contribution in [0.25, 0.3) is 44.7 Å². The Hall–Kier alpha value is -4.26. The Kier molecular flexibility index (Phi) is 5.22. The summed E-state index contributed by atoms with van der Waals surface area (Å²) in [4.78, 5) is 13.6. The van der Waals surface area contributed by atoms with Gasteiger partial charge in [0.1, 0.15) is 11.6 Å². The van der Waals surface area contributed by atoms with Crippen molar-refractivity contribution in [2.45, 2.75) is 0 Å². The van der Waals surface area contributed by atoms with Gasteiger partial charge in [0.05, 0.1) is 29.5 Å². The van der Waals surface area contributed by atoms with E-state index in [0.29, 0.717) is 44.7 Å². The maximum atomic E-state index is 14.2. The van der Waals surface area contributed by atoms with Gasteiger partial charge in [0, 0.05) is 22.9 Å². The standard InChI is InChI=1S/C26H16F3N3O/c1-33-26-21(29)12-18(14-30-26)17-6-11-22-23(13-17)32-25(16-4-9-20(28)10-5-16)24(31-22)15-2-7-19(27)8-3-15/h2-14H,1H3. The van der Waals surface area contributed by atoms with Crippen LogP contribution >= 0.6 is 0 Å². The Labute approximate surface area is 187 Å². The Bertz CT molecular complexity index is 1470. The Morgan fingerprint density at radius 2 is 1.15 bits per heavy atom. The number of hydrogen-bond acceptors (Lipinski definition) is 4. The first-order valence-electron chi connectivity index (χ1n) is 10.1. The predicted octanol–water partition coefficient (Wildman–Crippen LogP) is 6.45. The monoisotopic (exact) mass is 443 g/mol. The maximum Gasteiger partial charge on any atom is 0.250 e. The van der Waals surface area contributed by atoms with Crippen molar-refractivity contribution in [3.05, 3.63) is 96.4 Å². The molecule has 2 heterocycles. The number of aromatic nitrogens is 3. The van der Waals surface area contributed by atoms with Gasteiger partial charge < -0.3 is 4.74 Å². The van der Waals surface area contributed by atoms with E-state index in [0.717, 1.165) is 0 Å². The summed E-state index contributed by atoms with van der Waals surface area (Å²) in [5, 5.41) is 0. The van der Waals surface area contributed by atoms with Crippen LogP contribution in [0.15, 0.2) is 79.0 Å². The number of hydrogen-bond donors (Lipinski definition) is 0. The predicted molar refractivity (Wildman–Crippen MR) is 120 cm³/mol. The molecule has 0 amide bonds. The van der Waals surface area contributed by atoms with Crippen LogP contribution in [0.4, 0.5) is 13.2 Å². The fourth-order valence-electron chi connectivity index (χ4n) is 3.59. The molecule has 4 nitrogen and oxygen atoms in total. The molecule has 0 fully saturated rings. The molecule has 5 aromatic rings. The molecule has 0 radical (unpaired) electrons. The Morgan fingerprint density at radius 3 is 1.70 bits per heavy atom. The summed E-state index contributed by atoms with van der Waals surface area (Å²) < 4.78 is 46.1. The van der Waals surface area contributed by atoms with Crippen LogP contribution in [0.5, 0.6) is 5.88 Å². The number of nitrogens with zero attached hydrogens (tertiary/aromatic N) is 3. The van der Waals surface area contributed by atoms with Crippen molar-refractivity contribution in [3.63, 3.8) is 0 Å². The van der Waals surface area contributed by atoms with E-state index in [9.17, 15) is 13.2 Å². The molecule has 162 valence electrons. The summed E-state index contributed by atoms with van der Waals surface area (Å²) in [6.45, 7) is 0. The minimum atomic E-state index is -0.570. The molecule has 0 bridgehead atoms. The van der Waals surface area contributed by atoms with Crippen LogP contribution in [0.1, 0.15) is 0 Å². The van der Waals surface area contributed by atoms with Gasteiger partial charge in [-0.2, -0.15) is 0 Å². The molecular weight excluding hydrogens is 427 g/mol. The highest BCUT2D eigenvalue weighted by Gasteiger charge is 2.15. The van der Waals surface area contributed by atoms with Gasteiger partial charge >= 0.3 is 0 Å². The molecule has 7 heteroatoms. The second-order valence-electron chi connectivity index (χ2n) is 7.35. The normalized spacial score (nSPS) is 11.0. The van der Waals surface area contributed by atoms with E-state index in [1.807, 2.05) is 0 Å². The number of fused-ring (bicyclic) bond motifs is 1. The molecule has 0 aliphatic heterocycles. The topological polar surface area (TPSA) is 47.9 Å². The number of halogens is 3. The van der Waals surface area contributed by atoms with Gasteiger partial charge in [0.2, 0.25) is 5.88 Å². The zero-order valence-electron chi connectivity index (χ0n) is 17.4. The van der Waals surface area contributed by atoms with E-state index in [1.165, 1.54) is 43.6 Å². The lowest BCUT2D eigenvalue weighted by molar-refractivity contribution is 0.369. The Balaban J connectivity index is 1.69. The van der Waals surface area contributed by atoms with Gasteiger partial charge in [-0.25, -0.2) is 28.1 Å². The number of ether oxygens (including phenoxy) is 1. The first-order valence-corrected chi connectivity index (χ1v) is 10.1. The minimum absolute atomic E-state index is 0.0816. The molecule has 0 unspecified atom stereocenters. The third-order valence-electron chi connectivity index (χ3n) is 5.23. The van der Waals surface area contributed by atoms with E-state index < -0.39 is 5.82 Å². The van der Waals surface area contributed by atoms with Crippen LogP contribution in [0, 0.1) is 17.5 Å². The first kappa shape index (κ1) is 20.6. The van der Waals surface area contributed by atoms with Crippen molar-refractivity contribution >= 4 is 11.0 Å². The molecule has 0 spiro atoms. The van der Waals surface area contributed by atoms with E-state index in [-0.39, 0.29) is 17.5 Å². The van der Waals surface area contributed by atoms with Gasteiger partial charge in [0.15, 0.2) is 5.82 Å². The number of methoxy groups -OCH3 is 1. The average Bonchev–Trinajstić information content (AvgIpc) is 2.84. The van der Waals surface area contributed by atoms with Crippen molar-refractivity contribution in [3.8, 4) is 39.5 Å². The highest BCUT2D eigenvalue weighted by atomic mass is 19.1. The number of benzene rings is 3. The van der Waals surface area contributed by atoms with Crippen molar-refractivity contribution in [2.24, 2.45) is 0 Å². The molecule has 0 N–H and O–H groups in total. The van der Waals surface area contributed by atoms with Crippen molar-refractivity contribution < 1.29 is 17.9 Å². The van der Waals surface area contributed by atoms with Crippen molar-refractivity contribution in [1.82, 2.24) is 15.0 Å². The van der Waals surface area contributed by atoms with E-state index >= 15 is 0 Å². The summed E-state index contributed by atoms with van der Waals surface area (Å²) in [5.41, 5.74) is 4.82. The van der Waals surface area contributed by atoms with Crippen LogP contribution in [0.3, 0.4) is 0 Å². The summed E-state index contributed by atoms with van der Waals surface area (Å²) in [7, 11) is 1.35. The van der Waals surface area contributed by atoms with Crippen LogP contribution < -0.4 is 4.74 Å². The highest BCUT2D eigenvalue weighted by Crippen LogP contribution is 2.33.